The van der Waals surface area contributed by atoms with E-state index >= 15 is 0 Å². The molecule has 6 heteroatoms. The Bertz CT molecular complexity index is 432. The minimum Gasteiger partial charge on any atom is -0.399 e. The molecular formula is C11H16N6. The monoisotopic (exact) mass is 232 g/mol. The number of anilines is 1. The summed E-state index contributed by atoms with van der Waals surface area (Å²) in [6.07, 6.45) is 0. The first-order valence-corrected chi connectivity index (χ1v) is 5.65. The molecule has 90 valence electrons. The molecule has 1 saturated heterocycles. The lowest BCUT2D eigenvalue weighted by Crippen LogP contribution is -2.42. The van der Waals surface area contributed by atoms with Crippen molar-refractivity contribution < 1.29 is 0 Å². The van der Waals surface area contributed by atoms with Crippen molar-refractivity contribution in [3.8, 4) is 0 Å². The lowest BCUT2D eigenvalue weighted by Gasteiger charge is -2.27. The molecule has 0 saturated carbocycles. The van der Waals surface area contributed by atoms with Gasteiger partial charge in [0.25, 0.3) is 0 Å². The Hall–Kier alpha value is -1.75. The summed E-state index contributed by atoms with van der Waals surface area (Å²) < 4.78 is 0. The van der Waals surface area contributed by atoms with Gasteiger partial charge in [0.1, 0.15) is 0 Å². The van der Waals surface area contributed by atoms with E-state index in [-0.39, 0.29) is 0 Å². The standard InChI is InChI=1S/C11H16N6/c12-10-5-9(6-11(7-10)15-16-13)8-17-3-1-14-2-4-17/h5-7,14H,1-4,8,12H2. The molecule has 6 nitrogen and oxygen atoms in total. The van der Waals surface area contributed by atoms with Crippen molar-refractivity contribution in [2.45, 2.75) is 6.54 Å². The molecule has 0 aromatic heterocycles. The molecule has 1 aromatic carbocycles. The minimum atomic E-state index is 0.581. The second-order valence-electron chi connectivity index (χ2n) is 4.15. The quantitative estimate of drug-likeness (QED) is 0.359. The van der Waals surface area contributed by atoms with Crippen LogP contribution in [-0.2, 0) is 6.54 Å². The zero-order valence-corrected chi connectivity index (χ0v) is 9.63. The Kier molecular flexibility index (Phi) is 3.82. The summed E-state index contributed by atoms with van der Waals surface area (Å²) in [5, 5.41) is 6.90. The highest BCUT2D eigenvalue weighted by Crippen LogP contribution is 2.20. The Morgan fingerprint density at radius 3 is 2.82 bits per heavy atom. The first-order chi connectivity index (χ1) is 8.28. The predicted octanol–water partition coefficient (Wildman–Crippen LogP) is 1.62. The second kappa shape index (κ2) is 5.54. The summed E-state index contributed by atoms with van der Waals surface area (Å²) in [7, 11) is 0. The number of rotatable bonds is 3. The van der Waals surface area contributed by atoms with Crippen LogP contribution in [0.3, 0.4) is 0 Å². The van der Waals surface area contributed by atoms with Gasteiger partial charge in [0.2, 0.25) is 0 Å². The molecule has 0 bridgehead atoms. The fourth-order valence-corrected chi connectivity index (χ4v) is 2.03. The van der Waals surface area contributed by atoms with Gasteiger partial charge >= 0.3 is 0 Å². The van der Waals surface area contributed by atoms with Crippen molar-refractivity contribution in [1.29, 1.82) is 0 Å². The predicted molar refractivity (Wildman–Crippen MR) is 67.8 cm³/mol. The molecule has 0 aliphatic carbocycles. The van der Waals surface area contributed by atoms with E-state index in [1.165, 1.54) is 0 Å². The van der Waals surface area contributed by atoms with Crippen LogP contribution in [0, 0.1) is 0 Å². The third-order valence-electron chi connectivity index (χ3n) is 2.78. The molecule has 0 spiro atoms. The van der Waals surface area contributed by atoms with Crippen molar-refractivity contribution in [3.63, 3.8) is 0 Å². The fourth-order valence-electron chi connectivity index (χ4n) is 2.03. The molecule has 17 heavy (non-hydrogen) atoms. The van der Waals surface area contributed by atoms with Crippen molar-refractivity contribution in [3.05, 3.63) is 34.2 Å². The summed E-state index contributed by atoms with van der Waals surface area (Å²) in [6.45, 7) is 4.95. The van der Waals surface area contributed by atoms with Gasteiger partial charge in [-0.3, -0.25) is 4.90 Å². The molecule has 3 N–H and O–H groups in total. The number of nitrogen functional groups attached to an aromatic ring is 1. The van der Waals surface area contributed by atoms with Gasteiger partial charge in [-0.15, -0.1) is 0 Å². The number of benzene rings is 1. The van der Waals surface area contributed by atoms with Crippen LogP contribution in [0.1, 0.15) is 5.56 Å². The molecule has 0 amide bonds. The van der Waals surface area contributed by atoms with E-state index in [9.17, 15) is 0 Å². The summed E-state index contributed by atoms with van der Waals surface area (Å²) in [5.74, 6) is 0. The van der Waals surface area contributed by atoms with Crippen LogP contribution >= 0.6 is 0 Å². The van der Waals surface area contributed by atoms with Crippen LogP contribution in [0.4, 0.5) is 11.4 Å². The largest absolute Gasteiger partial charge is 0.399 e. The number of hydrogen-bond acceptors (Lipinski definition) is 4. The van der Waals surface area contributed by atoms with Gasteiger partial charge in [0, 0.05) is 49.0 Å². The number of nitrogens with two attached hydrogens (primary N) is 1. The smallest absolute Gasteiger partial charge is 0.0398 e. The Balaban J connectivity index is 2.11. The van der Waals surface area contributed by atoms with E-state index in [2.05, 4.69) is 20.2 Å². The zero-order chi connectivity index (χ0) is 12.1. The topological polar surface area (TPSA) is 90.0 Å². The summed E-state index contributed by atoms with van der Waals surface area (Å²) in [5.41, 5.74) is 16.5. The van der Waals surface area contributed by atoms with Gasteiger partial charge in [-0.25, -0.2) is 0 Å². The summed E-state index contributed by atoms with van der Waals surface area (Å²) in [4.78, 5) is 5.13. The molecule has 1 fully saturated rings. The Morgan fingerprint density at radius 1 is 1.35 bits per heavy atom. The van der Waals surface area contributed by atoms with Crippen LogP contribution in [0.5, 0.6) is 0 Å². The zero-order valence-electron chi connectivity index (χ0n) is 9.63. The summed E-state index contributed by atoms with van der Waals surface area (Å²) >= 11 is 0. The van der Waals surface area contributed by atoms with Gasteiger partial charge in [-0.1, -0.05) is 5.11 Å². The van der Waals surface area contributed by atoms with Crippen molar-refractivity contribution in [2.75, 3.05) is 31.9 Å². The molecule has 0 radical (unpaired) electrons. The molecule has 0 unspecified atom stereocenters. The highest BCUT2D eigenvalue weighted by atomic mass is 15.2. The van der Waals surface area contributed by atoms with E-state index in [0.29, 0.717) is 11.4 Å². The second-order valence-corrected chi connectivity index (χ2v) is 4.15. The van der Waals surface area contributed by atoms with Crippen LogP contribution in [0.2, 0.25) is 0 Å². The first-order valence-electron chi connectivity index (χ1n) is 5.65. The van der Waals surface area contributed by atoms with Crippen molar-refractivity contribution in [2.24, 2.45) is 5.11 Å². The maximum absolute atomic E-state index is 8.42. The molecule has 1 aliphatic heterocycles. The maximum Gasteiger partial charge on any atom is 0.0398 e. The third-order valence-corrected chi connectivity index (χ3v) is 2.78. The van der Waals surface area contributed by atoms with Gasteiger partial charge in [0.05, 0.1) is 0 Å². The number of azide groups is 1. The Morgan fingerprint density at radius 2 is 2.12 bits per heavy atom. The number of piperazine rings is 1. The number of nitrogens with one attached hydrogen (secondary N) is 1. The average molecular weight is 232 g/mol. The Labute approximate surface area is 100 Å². The lowest BCUT2D eigenvalue weighted by molar-refractivity contribution is 0.233. The normalized spacial score (nSPS) is 16.5. The summed E-state index contributed by atoms with van der Waals surface area (Å²) in [6, 6.07) is 5.50. The molecule has 1 aliphatic rings. The molecule has 2 rings (SSSR count). The molecular weight excluding hydrogens is 216 g/mol. The maximum atomic E-state index is 8.42. The lowest BCUT2D eigenvalue weighted by atomic mass is 10.1. The van der Waals surface area contributed by atoms with Crippen molar-refractivity contribution in [1.82, 2.24) is 10.2 Å². The SMILES string of the molecule is [N-]=[N+]=Nc1cc(N)cc(CN2CCNCC2)c1. The highest BCUT2D eigenvalue weighted by Gasteiger charge is 2.10. The van der Waals surface area contributed by atoms with E-state index in [1.807, 2.05) is 12.1 Å². The van der Waals surface area contributed by atoms with Crippen LogP contribution in [-0.4, -0.2) is 31.1 Å². The van der Waals surface area contributed by atoms with E-state index in [4.69, 9.17) is 11.3 Å². The molecule has 1 aromatic rings. The van der Waals surface area contributed by atoms with Gasteiger partial charge in [-0.05, 0) is 29.3 Å². The van der Waals surface area contributed by atoms with Crippen LogP contribution < -0.4 is 11.1 Å². The van der Waals surface area contributed by atoms with E-state index in [0.717, 1.165) is 38.3 Å². The number of hydrogen-bond donors (Lipinski definition) is 2. The molecule has 1 heterocycles. The van der Waals surface area contributed by atoms with Crippen LogP contribution in [0.25, 0.3) is 10.4 Å². The van der Waals surface area contributed by atoms with Crippen molar-refractivity contribution >= 4 is 11.4 Å². The fraction of sp³-hybridized carbons (Fsp3) is 0.455. The minimum absolute atomic E-state index is 0.581. The van der Waals surface area contributed by atoms with E-state index < -0.39 is 0 Å². The van der Waals surface area contributed by atoms with Gasteiger partial charge in [-0.2, -0.15) is 0 Å². The third kappa shape index (κ3) is 3.35. The highest BCUT2D eigenvalue weighted by molar-refractivity contribution is 5.53. The van der Waals surface area contributed by atoms with Gasteiger partial charge < -0.3 is 11.1 Å². The number of nitrogens with zero attached hydrogens (tertiary/aromatic N) is 4. The van der Waals surface area contributed by atoms with Gasteiger partial charge in [0.15, 0.2) is 0 Å². The molecule has 0 atom stereocenters. The van der Waals surface area contributed by atoms with E-state index in [1.54, 1.807) is 6.07 Å². The first kappa shape index (κ1) is 11.7. The van der Waals surface area contributed by atoms with Crippen LogP contribution in [0.15, 0.2) is 23.3 Å². The average Bonchev–Trinajstić information content (AvgIpc) is 2.30.